The highest BCUT2D eigenvalue weighted by Gasteiger charge is 2.34. The van der Waals surface area contributed by atoms with Gasteiger partial charge in [-0.1, -0.05) is 6.42 Å². The molecule has 1 aliphatic rings. The molecular weight excluding hydrogens is 270 g/mol. The highest BCUT2D eigenvalue weighted by atomic mass is 16.6. The molecule has 2 atom stereocenters. The molecule has 1 aliphatic carbocycles. The first-order valence-corrected chi connectivity index (χ1v) is 7.13. The lowest BCUT2D eigenvalue weighted by molar-refractivity contribution is -0.384. The third-order valence-electron chi connectivity index (χ3n) is 4.11. The number of hydrogen-bond acceptors (Lipinski definition) is 6. The van der Waals surface area contributed by atoms with Gasteiger partial charge in [0, 0.05) is 24.8 Å². The summed E-state index contributed by atoms with van der Waals surface area (Å²) in [5.41, 5.74) is 5.90. The zero-order chi connectivity index (χ0) is 15.4. The van der Waals surface area contributed by atoms with Crippen molar-refractivity contribution in [2.24, 2.45) is 11.7 Å². The number of hydrogen-bond donors (Lipinski definition) is 1. The average Bonchev–Trinajstić information content (AvgIpc) is 2.96. The minimum Gasteiger partial charge on any atom is -0.348 e. The number of nitrogens with zero attached hydrogens (tertiary/aromatic N) is 4. The Morgan fingerprint density at radius 2 is 2.38 bits per heavy atom. The Kier molecular flexibility index (Phi) is 4.70. The van der Waals surface area contributed by atoms with Gasteiger partial charge in [-0.2, -0.15) is 5.26 Å². The first kappa shape index (κ1) is 15.2. The third kappa shape index (κ3) is 2.95. The lowest BCUT2D eigenvalue weighted by Crippen LogP contribution is -2.41. The number of nitriles is 1. The molecule has 2 N–H and O–H groups in total. The number of pyridine rings is 1. The molecule has 1 aromatic heterocycles. The maximum Gasteiger partial charge on any atom is 0.312 e. The Morgan fingerprint density at radius 1 is 1.62 bits per heavy atom. The van der Waals surface area contributed by atoms with Crippen LogP contribution in [-0.2, 0) is 0 Å². The van der Waals surface area contributed by atoms with E-state index in [-0.39, 0.29) is 17.3 Å². The number of aromatic nitrogens is 1. The van der Waals surface area contributed by atoms with Crippen LogP contribution in [0.25, 0.3) is 0 Å². The summed E-state index contributed by atoms with van der Waals surface area (Å²) >= 11 is 0. The lowest BCUT2D eigenvalue weighted by atomic mass is 10.0. The van der Waals surface area contributed by atoms with Gasteiger partial charge in [-0.3, -0.25) is 10.1 Å². The number of rotatable bonds is 5. The first-order valence-electron chi connectivity index (χ1n) is 7.13. The van der Waals surface area contributed by atoms with E-state index in [2.05, 4.69) is 4.98 Å². The van der Waals surface area contributed by atoms with Crippen molar-refractivity contribution in [3.63, 3.8) is 0 Å². The van der Waals surface area contributed by atoms with E-state index in [4.69, 9.17) is 11.0 Å². The second-order valence-corrected chi connectivity index (χ2v) is 5.22. The van der Waals surface area contributed by atoms with Crippen molar-refractivity contribution in [2.45, 2.75) is 32.2 Å². The van der Waals surface area contributed by atoms with E-state index in [1.807, 2.05) is 17.9 Å². The Balaban J connectivity index is 2.42. The predicted octanol–water partition coefficient (Wildman–Crippen LogP) is 1.82. The van der Waals surface area contributed by atoms with E-state index in [1.165, 1.54) is 12.3 Å². The molecule has 1 saturated carbocycles. The van der Waals surface area contributed by atoms with Crippen LogP contribution in [0.15, 0.2) is 12.3 Å². The molecule has 2 rings (SSSR count). The quantitative estimate of drug-likeness (QED) is 0.654. The summed E-state index contributed by atoms with van der Waals surface area (Å²) in [6, 6.07) is 3.36. The van der Waals surface area contributed by atoms with Crippen LogP contribution in [0.1, 0.15) is 31.7 Å². The Hall–Kier alpha value is -2.20. The number of nitrogens with two attached hydrogens (primary N) is 1. The largest absolute Gasteiger partial charge is 0.348 e. The van der Waals surface area contributed by atoms with E-state index in [9.17, 15) is 10.1 Å². The van der Waals surface area contributed by atoms with Gasteiger partial charge in [0.2, 0.25) is 5.82 Å². The Morgan fingerprint density at radius 3 is 2.95 bits per heavy atom. The average molecular weight is 289 g/mol. The molecule has 1 heterocycles. The topological polar surface area (TPSA) is 109 Å². The SMILES string of the molecule is CCN(c1ncc(C#N)cc1[N+](=O)[O-])C1CCCC1CN. The third-order valence-corrected chi connectivity index (χ3v) is 4.11. The molecular formula is C14H19N5O2. The summed E-state index contributed by atoms with van der Waals surface area (Å²) in [5.74, 6) is 0.675. The van der Waals surface area contributed by atoms with Crippen molar-refractivity contribution in [3.05, 3.63) is 27.9 Å². The molecule has 0 saturated heterocycles. The second kappa shape index (κ2) is 6.50. The van der Waals surface area contributed by atoms with Crippen molar-refractivity contribution in [1.29, 1.82) is 5.26 Å². The zero-order valence-corrected chi connectivity index (χ0v) is 12.0. The van der Waals surface area contributed by atoms with Crippen molar-refractivity contribution < 1.29 is 4.92 Å². The lowest BCUT2D eigenvalue weighted by Gasteiger charge is -2.32. The summed E-state index contributed by atoms with van der Waals surface area (Å²) < 4.78 is 0. The molecule has 0 radical (unpaired) electrons. The highest BCUT2D eigenvalue weighted by Crippen LogP contribution is 2.35. The van der Waals surface area contributed by atoms with Crippen LogP contribution >= 0.6 is 0 Å². The normalized spacial score (nSPS) is 21.0. The maximum absolute atomic E-state index is 11.3. The minimum absolute atomic E-state index is 0.112. The fourth-order valence-corrected chi connectivity index (χ4v) is 3.11. The first-order chi connectivity index (χ1) is 10.1. The molecule has 0 amide bonds. The minimum atomic E-state index is -0.474. The predicted molar refractivity (Wildman–Crippen MR) is 78.8 cm³/mol. The van der Waals surface area contributed by atoms with Gasteiger partial charge in [0.25, 0.3) is 0 Å². The van der Waals surface area contributed by atoms with Crippen molar-refractivity contribution in [2.75, 3.05) is 18.0 Å². The van der Waals surface area contributed by atoms with E-state index >= 15 is 0 Å². The summed E-state index contributed by atoms with van der Waals surface area (Å²) in [6.07, 6.45) is 4.47. The van der Waals surface area contributed by atoms with Crippen LogP contribution in [0.5, 0.6) is 0 Å². The van der Waals surface area contributed by atoms with Crippen molar-refractivity contribution >= 4 is 11.5 Å². The molecule has 0 spiro atoms. The van der Waals surface area contributed by atoms with E-state index in [1.54, 1.807) is 0 Å². The van der Waals surface area contributed by atoms with Gasteiger partial charge < -0.3 is 10.6 Å². The van der Waals surface area contributed by atoms with E-state index in [0.717, 1.165) is 19.3 Å². The summed E-state index contributed by atoms with van der Waals surface area (Å²) in [6.45, 7) is 3.15. The van der Waals surface area contributed by atoms with E-state index in [0.29, 0.717) is 24.8 Å². The number of nitro groups is 1. The van der Waals surface area contributed by atoms with Gasteiger partial charge in [0.05, 0.1) is 10.5 Å². The Labute approximate surface area is 123 Å². The number of anilines is 1. The van der Waals surface area contributed by atoms with Crippen LogP contribution in [0.2, 0.25) is 0 Å². The molecule has 112 valence electrons. The molecule has 1 aromatic rings. The van der Waals surface area contributed by atoms with Gasteiger partial charge in [-0.25, -0.2) is 4.98 Å². The molecule has 1 fully saturated rings. The van der Waals surface area contributed by atoms with Crippen LogP contribution in [0, 0.1) is 27.4 Å². The van der Waals surface area contributed by atoms with Crippen LogP contribution < -0.4 is 10.6 Å². The fourth-order valence-electron chi connectivity index (χ4n) is 3.11. The van der Waals surface area contributed by atoms with Gasteiger partial charge in [-0.15, -0.1) is 0 Å². The van der Waals surface area contributed by atoms with Gasteiger partial charge in [0.15, 0.2) is 0 Å². The monoisotopic (exact) mass is 289 g/mol. The summed E-state index contributed by atoms with van der Waals surface area (Å²) in [5, 5.41) is 20.2. The smallest absolute Gasteiger partial charge is 0.312 e. The van der Waals surface area contributed by atoms with Crippen molar-refractivity contribution in [3.8, 4) is 6.07 Å². The molecule has 0 bridgehead atoms. The fraction of sp³-hybridized carbons (Fsp3) is 0.571. The molecule has 7 heteroatoms. The highest BCUT2D eigenvalue weighted by molar-refractivity contribution is 5.60. The molecule has 2 unspecified atom stereocenters. The Bertz CT molecular complexity index is 569. The summed E-state index contributed by atoms with van der Waals surface area (Å²) in [4.78, 5) is 16.9. The van der Waals surface area contributed by atoms with Gasteiger partial charge in [0.1, 0.15) is 6.07 Å². The van der Waals surface area contributed by atoms with E-state index < -0.39 is 4.92 Å². The molecule has 0 aromatic carbocycles. The molecule has 21 heavy (non-hydrogen) atoms. The van der Waals surface area contributed by atoms with Gasteiger partial charge >= 0.3 is 5.69 Å². The zero-order valence-electron chi connectivity index (χ0n) is 12.0. The molecule has 7 nitrogen and oxygen atoms in total. The van der Waals surface area contributed by atoms with Crippen LogP contribution in [-0.4, -0.2) is 29.0 Å². The van der Waals surface area contributed by atoms with Crippen LogP contribution in [0.3, 0.4) is 0 Å². The van der Waals surface area contributed by atoms with Crippen LogP contribution in [0.4, 0.5) is 11.5 Å². The maximum atomic E-state index is 11.3. The molecule has 0 aliphatic heterocycles. The standard InChI is InChI=1S/C14H19N5O2/c1-2-18(12-5-3-4-11(12)8-16)14-13(19(20)21)6-10(7-15)9-17-14/h6,9,11-12H,2-5,8,16H2,1H3. The van der Waals surface area contributed by atoms with Crippen molar-refractivity contribution in [1.82, 2.24) is 4.98 Å². The van der Waals surface area contributed by atoms with Gasteiger partial charge in [-0.05, 0) is 32.2 Å². The summed E-state index contributed by atoms with van der Waals surface area (Å²) in [7, 11) is 0. The second-order valence-electron chi connectivity index (χ2n) is 5.22.